The molecular weight excluding hydrogens is 309 g/mol. The average molecular weight is 314 g/mol. The summed E-state index contributed by atoms with van der Waals surface area (Å²) in [5, 5.41) is 5.24. The van der Waals surface area contributed by atoms with Crippen LogP contribution in [0.15, 0.2) is 39.8 Å². The third-order valence-electron chi connectivity index (χ3n) is 2.18. The van der Waals surface area contributed by atoms with Crippen molar-refractivity contribution in [3.05, 3.63) is 40.1 Å². The van der Waals surface area contributed by atoms with Crippen LogP contribution >= 0.6 is 46.3 Å². The Bertz CT molecular complexity index is 714. The van der Waals surface area contributed by atoms with Crippen molar-refractivity contribution in [2.24, 2.45) is 0 Å². The Morgan fingerprint density at radius 3 is 2.83 bits per heavy atom. The molecule has 0 fully saturated rings. The molecule has 0 spiro atoms. The SMILES string of the molecule is Clc1nc(Sc2ncccc2Cl)c2ccsc2n1. The van der Waals surface area contributed by atoms with Gasteiger partial charge in [0.2, 0.25) is 5.28 Å². The first-order valence-corrected chi connectivity index (χ1v) is 7.38. The number of aromatic nitrogens is 3. The quantitative estimate of drug-likeness (QED) is 0.514. The van der Waals surface area contributed by atoms with Crippen molar-refractivity contribution in [3.63, 3.8) is 0 Å². The van der Waals surface area contributed by atoms with Gasteiger partial charge in [-0.2, -0.15) is 0 Å². The first kappa shape index (κ1) is 12.2. The highest BCUT2D eigenvalue weighted by Gasteiger charge is 2.11. The smallest absolute Gasteiger partial charge is 0.224 e. The van der Waals surface area contributed by atoms with Crippen LogP contribution in [0.3, 0.4) is 0 Å². The lowest BCUT2D eigenvalue weighted by atomic mass is 10.4. The maximum Gasteiger partial charge on any atom is 0.224 e. The third kappa shape index (κ3) is 2.31. The molecular formula is C11H5Cl2N3S2. The summed E-state index contributed by atoms with van der Waals surface area (Å²) in [6, 6.07) is 5.56. The molecule has 0 aliphatic rings. The van der Waals surface area contributed by atoms with Crippen LogP contribution < -0.4 is 0 Å². The molecule has 0 aromatic carbocycles. The van der Waals surface area contributed by atoms with E-state index in [9.17, 15) is 0 Å². The Morgan fingerprint density at radius 2 is 2.00 bits per heavy atom. The van der Waals surface area contributed by atoms with E-state index >= 15 is 0 Å². The van der Waals surface area contributed by atoms with Crippen LogP contribution in [0, 0.1) is 0 Å². The minimum Gasteiger partial charge on any atom is -0.248 e. The van der Waals surface area contributed by atoms with E-state index in [0.717, 1.165) is 15.2 Å². The van der Waals surface area contributed by atoms with E-state index in [1.807, 2.05) is 11.4 Å². The fourth-order valence-corrected chi connectivity index (χ4v) is 3.62. The number of hydrogen-bond donors (Lipinski definition) is 0. The van der Waals surface area contributed by atoms with Gasteiger partial charge in [0.05, 0.1) is 5.02 Å². The number of pyridine rings is 1. The normalized spacial score (nSPS) is 11.0. The minimum atomic E-state index is 0.236. The van der Waals surface area contributed by atoms with Gasteiger partial charge in [-0.25, -0.2) is 15.0 Å². The number of rotatable bonds is 2. The van der Waals surface area contributed by atoms with Gasteiger partial charge in [0.15, 0.2) is 0 Å². The zero-order valence-corrected chi connectivity index (χ0v) is 11.9. The molecule has 0 N–H and O–H groups in total. The van der Waals surface area contributed by atoms with Crippen molar-refractivity contribution >= 4 is 56.5 Å². The van der Waals surface area contributed by atoms with Crippen LogP contribution in [0.4, 0.5) is 0 Å². The Hall–Kier alpha value is -0.880. The Morgan fingerprint density at radius 1 is 1.11 bits per heavy atom. The van der Waals surface area contributed by atoms with Crippen LogP contribution in [0.25, 0.3) is 10.2 Å². The van der Waals surface area contributed by atoms with E-state index in [4.69, 9.17) is 23.2 Å². The summed E-state index contributed by atoms with van der Waals surface area (Å²) in [6.07, 6.45) is 1.70. The van der Waals surface area contributed by atoms with Gasteiger partial charge in [-0.15, -0.1) is 11.3 Å². The van der Waals surface area contributed by atoms with Crippen LogP contribution in [0.1, 0.15) is 0 Å². The molecule has 0 aliphatic carbocycles. The largest absolute Gasteiger partial charge is 0.248 e. The molecule has 0 saturated carbocycles. The van der Waals surface area contributed by atoms with Gasteiger partial charge in [-0.1, -0.05) is 11.6 Å². The van der Waals surface area contributed by atoms with Crippen LogP contribution in [0.2, 0.25) is 10.3 Å². The van der Waals surface area contributed by atoms with Crippen molar-refractivity contribution in [1.29, 1.82) is 0 Å². The summed E-state index contributed by atoms with van der Waals surface area (Å²) in [6.45, 7) is 0. The second kappa shape index (κ2) is 5.01. The van der Waals surface area contributed by atoms with Crippen LogP contribution in [0.5, 0.6) is 0 Å². The average Bonchev–Trinajstić information content (AvgIpc) is 2.80. The van der Waals surface area contributed by atoms with Gasteiger partial charge in [-0.3, -0.25) is 0 Å². The van der Waals surface area contributed by atoms with Gasteiger partial charge in [0.25, 0.3) is 0 Å². The summed E-state index contributed by atoms with van der Waals surface area (Å²) >= 11 is 14.9. The van der Waals surface area contributed by atoms with E-state index in [2.05, 4.69) is 15.0 Å². The zero-order valence-electron chi connectivity index (χ0n) is 8.80. The van der Waals surface area contributed by atoms with E-state index in [0.29, 0.717) is 10.0 Å². The summed E-state index contributed by atoms with van der Waals surface area (Å²) in [5.74, 6) is 0. The highest BCUT2D eigenvalue weighted by molar-refractivity contribution is 7.99. The Labute approximate surface area is 121 Å². The molecule has 0 radical (unpaired) electrons. The highest BCUT2D eigenvalue weighted by Crippen LogP contribution is 2.35. The molecule has 0 unspecified atom stereocenters. The summed E-state index contributed by atoms with van der Waals surface area (Å²) in [4.78, 5) is 13.5. The standard InChI is InChI=1S/C11H5Cl2N3S2/c12-7-2-1-4-14-10(7)18-9-6-3-5-17-8(6)15-11(13)16-9/h1-5H. The van der Waals surface area contributed by atoms with Crippen molar-refractivity contribution in [2.45, 2.75) is 10.1 Å². The first-order chi connectivity index (χ1) is 8.74. The fourth-order valence-electron chi connectivity index (χ4n) is 1.42. The number of nitrogens with zero attached hydrogens (tertiary/aromatic N) is 3. The van der Waals surface area contributed by atoms with Gasteiger partial charge in [-0.05, 0) is 46.9 Å². The number of hydrogen-bond acceptors (Lipinski definition) is 5. The maximum absolute atomic E-state index is 6.08. The molecule has 0 atom stereocenters. The number of thiophene rings is 1. The maximum atomic E-state index is 6.08. The molecule has 3 rings (SSSR count). The lowest BCUT2D eigenvalue weighted by molar-refractivity contribution is 1.08. The zero-order chi connectivity index (χ0) is 12.5. The Kier molecular flexibility index (Phi) is 3.39. The topological polar surface area (TPSA) is 38.7 Å². The summed E-state index contributed by atoms with van der Waals surface area (Å²) in [7, 11) is 0. The van der Waals surface area contributed by atoms with Gasteiger partial charge < -0.3 is 0 Å². The number of halogens is 2. The second-order valence-electron chi connectivity index (χ2n) is 3.33. The molecule has 3 nitrogen and oxygen atoms in total. The van der Waals surface area contributed by atoms with Crippen LogP contribution in [-0.4, -0.2) is 15.0 Å². The molecule has 3 heterocycles. The summed E-state index contributed by atoms with van der Waals surface area (Å²) in [5.41, 5.74) is 0. The summed E-state index contributed by atoms with van der Waals surface area (Å²) < 4.78 is 0. The second-order valence-corrected chi connectivity index (χ2v) is 5.95. The molecule has 0 aliphatic heterocycles. The highest BCUT2D eigenvalue weighted by atomic mass is 35.5. The van der Waals surface area contributed by atoms with Gasteiger partial charge >= 0.3 is 0 Å². The van der Waals surface area contributed by atoms with Crippen molar-refractivity contribution in [3.8, 4) is 0 Å². The molecule has 0 saturated heterocycles. The van der Waals surface area contributed by atoms with E-state index in [-0.39, 0.29) is 5.28 Å². The molecule has 90 valence electrons. The molecule has 0 amide bonds. The van der Waals surface area contributed by atoms with Gasteiger partial charge in [0, 0.05) is 11.6 Å². The number of fused-ring (bicyclic) bond motifs is 1. The first-order valence-electron chi connectivity index (χ1n) is 4.93. The lowest BCUT2D eigenvalue weighted by Gasteiger charge is -2.03. The third-order valence-corrected chi connectivity index (χ3v) is 4.60. The fraction of sp³-hybridized carbons (Fsp3) is 0. The molecule has 3 aromatic heterocycles. The monoisotopic (exact) mass is 313 g/mol. The van der Waals surface area contributed by atoms with Crippen molar-refractivity contribution in [2.75, 3.05) is 0 Å². The predicted molar refractivity (Wildman–Crippen MR) is 75.8 cm³/mol. The Balaban J connectivity index is 2.10. The predicted octanol–water partition coefficient (Wildman–Crippen LogP) is 4.54. The molecule has 0 bridgehead atoms. The lowest BCUT2D eigenvalue weighted by Crippen LogP contribution is -1.88. The van der Waals surface area contributed by atoms with Crippen molar-refractivity contribution in [1.82, 2.24) is 15.0 Å². The van der Waals surface area contributed by atoms with Crippen molar-refractivity contribution < 1.29 is 0 Å². The van der Waals surface area contributed by atoms with E-state index < -0.39 is 0 Å². The van der Waals surface area contributed by atoms with Crippen LogP contribution in [-0.2, 0) is 0 Å². The minimum absolute atomic E-state index is 0.236. The van der Waals surface area contributed by atoms with E-state index in [1.165, 1.54) is 23.1 Å². The van der Waals surface area contributed by atoms with E-state index in [1.54, 1.807) is 18.3 Å². The molecule has 7 heteroatoms. The molecule has 3 aromatic rings. The van der Waals surface area contributed by atoms with Gasteiger partial charge in [0.1, 0.15) is 14.9 Å². The molecule has 18 heavy (non-hydrogen) atoms.